The highest BCUT2D eigenvalue weighted by molar-refractivity contribution is 8.00. The number of nitriles is 2. The molecule has 0 aromatic carbocycles. The highest BCUT2D eigenvalue weighted by Crippen LogP contribution is 2.58. The molecule has 0 amide bonds. The lowest BCUT2D eigenvalue weighted by atomic mass is 9.88. The second-order valence-electron chi connectivity index (χ2n) is 12.0. The first kappa shape index (κ1) is 30.0. The van der Waals surface area contributed by atoms with Crippen molar-refractivity contribution in [3.05, 3.63) is 39.5 Å². The van der Waals surface area contributed by atoms with Crippen LogP contribution in [0.3, 0.4) is 0 Å². The number of thiophene rings is 1. The summed E-state index contributed by atoms with van der Waals surface area (Å²) in [6, 6.07) is 6.09. The Bertz CT molecular complexity index is 1710. The van der Waals surface area contributed by atoms with Crippen LogP contribution in [0.5, 0.6) is 6.01 Å². The summed E-state index contributed by atoms with van der Waals surface area (Å²) >= 11 is 3.20. The molecule has 3 fully saturated rings. The van der Waals surface area contributed by atoms with E-state index in [1.807, 2.05) is 11.8 Å². The molecule has 2 atom stereocenters. The van der Waals surface area contributed by atoms with Crippen LogP contribution >= 0.6 is 23.1 Å². The number of nitrogens with two attached hydrogens (primary N) is 1. The Morgan fingerprint density at radius 3 is 2.78 bits per heavy atom. The van der Waals surface area contributed by atoms with E-state index >= 15 is 0 Å². The van der Waals surface area contributed by atoms with Gasteiger partial charge in [-0.25, -0.2) is 9.07 Å². The lowest BCUT2D eigenvalue weighted by Crippen LogP contribution is -2.57. The second kappa shape index (κ2) is 11.3. The molecule has 45 heavy (non-hydrogen) atoms. The third kappa shape index (κ3) is 4.85. The van der Waals surface area contributed by atoms with E-state index in [0.29, 0.717) is 53.7 Å². The van der Waals surface area contributed by atoms with Crippen molar-refractivity contribution < 1.29 is 17.9 Å². The average Bonchev–Trinajstić information content (AvgIpc) is 3.80. The van der Waals surface area contributed by atoms with Crippen LogP contribution in [0.15, 0.2) is 12.3 Å². The maximum absolute atomic E-state index is 14.5. The largest absolute Gasteiger partial charge is 0.461 e. The first-order chi connectivity index (χ1) is 21.7. The molecule has 0 bridgehead atoms. The summed E-state index contributed by atoms with van der Waals surface area (Å²) in [5.74, 6) is 1.38. The molecule has 0 aliphatic carbocycles. The minimum absolute atomic E-state index is 0.0233. The van der Waals surface area contributed by atoms with E-state index in [1.54, 1.807) is 16.7 Å². The van der Waals surface area contributed by atoms with Crippen molar-refractivity contribution in [2.45, 2.75) is 61.5 Å². The first-order valence-corrected chi connectivity index (χ1v) is 16.6. The monoisotopic (exact) mass is 656 g/mol. The summed E-state index contributed by atoms with van der Waals surface area (Å²) in [6.07, 6.45) is 2.53. The van der Waals surface area contributed by atoms with Gasteiger partial charge in [-0.1, -0.05) is 0 Å². The molecule has 0 saturated carbocycles. The topological polar surface area (TPSA) is 136 Å². The number of halogens is 3. The molecule has 0 unspecified atom stereocenters. The van der Waals surface area contributed by atoms with E-state index in [2.05, 4.69) is 27.1 Å². The fraction of sp³-hybridized carbons (Fsp3) is 0.552. The number of fused-ring (bicyclic) bond motifs is 3. The molecule has 7 heterocycles. The van der Waals surface area contributed by atoms with Gasteiger partial charge in [0.1, 0.15) is 35.5 Å². The summed E-state index contributed by atoms with van der Waals surface area (Å²) < 4.78 is 48.3. The molecule has 4 aliphatic heterocycles. The van der Waals surface area contributed by atoms with E-state index in [9.17, 15) is 23.7 Å². The van der Waals surface area contributed by atoms with Crippen LogP contribution in [0.25, 0.3) is 0 Å². The highest BCUT2D eigenvalue weighted by atomic mass is 32.2. The molecule has 3 saturated heterocycles. The van der Waals surface area contributed by atoms with Crippen LogP contribution in [0.2, 0.25) is 0 Å². The number of nitrogen functional groups attached to an aromatic ring is 1. The highest BCUT2D eigenvalue weighted by Gasteiger charge is 2.53. The summed E-state index contributed by atoms with van der Waals surface area (Å²) in [7, 11) is 0. The number of ether oxygens (including phenoxy) is 1. The van der Waals surface area contributed by atoms with Gasteiger partial charge in [0.15, 0.2) is 11.6 Å². The van der Waals surface area contributed by atoms with Gasteiger partial charge in [-0.2, -0.15) is 34.4 Å². The minimum Gasteiger partial charge on any atom is -0.461 e. The number of rotatable bonds is 9. The molecule has 11 nitrogen and oxygen atoms in total. The maximum atomic E-state index is 14.5. The number of hydrogen-bond acceptors (Lipinski definition) is 12. The smallest absolute Gasteiger partial charge is 0.333 e. The van der Waals surface area contributed by atoms with Crippen molar-refractivity contribution in [2.24, 2.45) is 0 Å². The van der Waals surface area contributed by atoms with Crippen LogP contribution in [-0.2, 0) is 17.0 Å². The molecular weight excluding hydrogens is 626 g/mol. The first-order valence-electron chi connectivity index (χ1n) is 14.8. The molecule has 1 spiro atoms. The van der Waals surface area contributed by atoms with Gasteiger partial charge in [0.05, 0.1) is 28.1 Å². The zero-order valence-corrected chi connectivity index (χ0v) is 26.2. The molecule has 4 aliphatic rings. The molecule has 2 N–H and O–H groups in total. The van der Waals surface area contributed by atoms with E-state index in [1.165, 1.54) is 23.6 Å². The third-order valence-electron chi connectivity index (χ3n) is 9.41. The quantitative estimate of drug-likeness (QED) is 0.351. The molecule has 7 rings (SSSR count). The van der Waals surface area contributed by atoms with E-state index < -0.39 is 18.3 Å². The summed E-state index contributed by atoms with van der Waals surface area (Å²) in [5, 5.41) is 24.5. The predicted molar refractivity (Wildman–Crippen MR) is 164 cm³/mol. The Morgan fingerprint density at radius 1 is 1.24 bits per heavy atom. The fourth-order valence-electron chi connectivity index (χ4n) is 7.30. The minimum atomic E-state index is -2.82. The number of thioether (sulfide) groups is 1. The number of alkyl halides is 3. The van der Waals surface area contributed by atoms with Crippen LogP contribution in [-0.4, -0.2) is 75.7 Å². The van der Waals surface area contributed by atoms with Crippen molar-refractivity contribution in [1.82, 2.24) is 24.6 Å². The van der Waals surface area contributed by atoms with E-state index in [4.69, 9.17) is 15.5 Å². The predicted octanol–water partition coefficient (Wildman–Crippen LogP) is 4.40. The molecular formula is C29H31F3N10OS2. The van der Waals surface area contributed by atoms with Crippen molar-refractivity contribution in [2.75, 3.05) is 54.9 Å². The second-order valence-corrected chi connectivity index (χ2v) is 14.4. The molecule has 16 heteroatoms. The lowest BCUT2D eigenvalue weighted by molar-refractivity contribution is 0.0534. The van der Waals surface area contributed by atoms with Gasteiger partial charge < -0.3 is 20.3 Å². The number of anilines is 3. The van der Waals surface area contributed by atoms with Crippen LogP contribution in [0, 0.1) is 22.7 Å². The zero-order chi connectivity index (χ0) is 31.5. The molecule has 3 aromatic heterocycles. The van der Waals surface area contributed by atoms with Crippen molar-refractivity contribution in [1.29, 1.82) is 10.5 Å². The van der Waals surface area contributed by atoms with Crippen molar-refractivity contribution >= 4 is 39.7 Å². The SMILES string of the molecule is CCN(Cc1ccnn1C(F)F)c1nc(OC[C@@]23CCCN2C[C@H](F)C3)nc(N2CC3(C2)SCc2sc(N)c(C#N)c23)c1C#N. The summed E-state index contributed by atoms with van der Waals surface area (Å²) in [4.78, 5) is 16.3. The fourth-order valence-corrected chi connectivity index (χ4v) is 10.1. The Hall–Kier alpha value is -3.73. The Morgan fingerprint density at radius 2 is 2.04 bits per heavy atom. The van der Waals surface area contributed by atoms with Crippen molar-refractivity contribution in [3.8, 4) is 18.1 Å². The zero-order valence-electron chi connectivity index (χ0n) is 24.5. The summed E-state index contributed by atoms with van der Waals surface area (Å²) in [6.45, 7) is 1.77. The van der Waals surface area contributed by atoms with Gasteiger partial charge in [0.25, 0.3) is 0 Å². The standard InChI is InChI=1S/C29H31F3N10OS2/c1-2-39(12-18-4-6-36-42(18)26(31)32)24-20(10-34)25(38-27(37-24)43-16-28-5-3-7-41(28)11-17(30)8-28)40-14-29(15-40)22-19(9-33)23(35)45-21(22)13-44-29/h4,6,17,26H,2-3,5,7-8,11-16,35H2,1H3/t17-,28+/m1/s1. The number of aromatic nitrogens is 4. The molecule has 236 valence electrons. The van der Waals surface area contributed by atoms with Gasteiger partial charge in [0.2, 0.25) is 0 Å². The Balaban J connectivity index is 1.24. The lowest BCUT2D eigenvalue weighted by Gasteiger charge is -2.48. The van der Waals surface area contributed by atoms with Gasteiger partial charge in [-0.05, 0) is 32.4 Å². The van der Waals surface area contributed by atoms with Gasteiger partial charge in [0, 0.05) is 55.0 Å². The molecule has 3 aromatic rings. The number of nitrogens with zero attached hydrogens (tertiary/aromatic N) is 9. The number of hydrogen-bond donors (Lipinski definition) is 1. The average molecular weight is 657 g/mol. The van der Waals surface area contributed by atoms with Gasteiger partial charge in [-0.15, -0.1) is 23.1 Å². The third-order valence-corrected chi connectivity index (χ3v) is 12.1. The van der Waals surface area contributed by atoms with Gasteiger partial charge in [-0.3, -0.25) is 4.90 Å². The summed E-state index contributed by atoms with van der Waals surface area (Å²) in [5.41, 5.74) is 7.67. The van der Waals surface area contributed by atoms with Crippen LogP contribution in [0.4, 0.5) is 29.8 Å². The normalized spacial score (nSPS) is 23.2. The van der Waals surface area contributed by atoms with Gasteiger partial charge >= 0.3 is 12.6 Å². The van der Waals surface area contributed by atoms with E-state index in [0.717, 1.165) is 35.6 Å². The van der Waals surface area contributed by atoms with Crippen LogP contribution < -0.4 is 20.3 Å². The van der Waals surface area contributed by atoms with Crippen LogP contribution in [0.1, 0.15) is 60.0 Å². The Kier molecular flexibility index (Phi) is 7.49. The molecule has 0 radical (unpaired) electrons. The maximum Gasteiger partial charge on any atom is 0.333 e. The van der Waals surface area contributed by atoms with E-state index in [-0.39, 0.29) is 41.0 Å². The Labute approximate surface area is 266 Å². The van der Waals surface area contributed by atoms with Crippen molar-refractivity contribution in [3.63, 3.8) is 0 Å².